The van der Waals surface area contributed by atoms with E-state index in [1.807, 2.05) is 25.1 Å². The van der Waals surface area contributed by atoms with Gasteiger partial charge in [-0.15, -0.1) is 0 Å². The highest BCUT2D eigenvalue weighted by atomic mass is 19.1. The summed E-state index contributed by atoms with van der Waals surface area (Å²) in [5.41, 5.74) is 4.11. The van der Waals surface area contributed by atoms with Gasteiger partial charge in [0.25, 0.3) is 0 Å². The number of H-pyrrole nitrogens is 1. The van der Waals surface area contributed by atoms with E-state index in [2.05, 4.69) is 34.3 Å². The molecule has 0 fully saturated rings. The van der Waals surface area contributed by atoms with E-state index in [4.69, 9.17) is 0 Å². The summed E-state index contributed by atoms with van der Waals surface area (Å²) in [6.45, 7) is 3.99. The van der Waals surface area contributed by atoms with Gasteiger partial charge in [-0.2, -0.15) is 0 Å². The van der Waals surface area contributed by atoms with Gasteiger partial charge in [0.1, 0.15) is 5.82 Å². The Bertz CT molecular complexity index is 962. The number of aliphatic imine (C=N–C) groups is 1. The second-order valence-electron chi connectivity index (χ2n) is 6.92. The Morgan fingerprint density at radius 2 is 2.04 bits per heavy atom. The molecule has 0 aliphatic carbocycles. The first-order chi connectivity index (χ1) is 12.9. The molecule has 2 aromatic carbocycles. The molecule has 0 bridgehead atoms. The highest BCUT2D eigenvalue weighted by molar-refractivity contribution is 6.02. The van der Waals surface area contributed by atoms with Crippen LogP contribution in [-0.2, 0) is 0 Å². The van der Waals surface area contributed by atoms with Crippen LogP contribution >= 0.6 is 0 Å². The van der Waals surface area contributed by atoms with Gasteiger partial charge < -0.3 is 20.3 Å². The van der Waals surface area contributed by atoms with Gasteiger partial charge in [-0.3, -0.25) is 4.99 Å². The van der Waals surface area contributed by atoms with Gasteiger partial charge in [0.05, 0.1) is 11.3 Å². The summed E-state index contributed by atoms with van der Waals surface area (Å²) < 4.78 is 13.5. The minimum Gasteiger partial charge on any atom is -0.494 e. The third kappa shape index (κ3) is 4.65. The van der Waals surface area contributed by atoms with E-state index in [0.717, 1.165) is 36.4 Å². The van der Waals surface area contributed by atoms with Crippen molar-refractivity contribution < 1.29 is 9.50 Å². The molecule has 1 aromatic heterocycles. The number of fused-ring (bicyclic) bond motifs is 1. The summed E-state index contributed by atoms with van der Waals surface area (Å²) in [5, 5.41) is 14.1. The average molecular weight is 368 g/mol. The van der Waals surface area contributed by atoms with Crippen LogP contribution in [0.5, 0.6) is 5.88 Å². The van der Waals surface area contributed by atoms with Crippen molar-refractivity contribution in [2.75, 3.05) is 32.5 Å². The number of halogens is 1. The molecule has 0 unspecified atom stereocenters. The smallest absolute Gasteiger partial charge is 0.198 e. The van der Waals surface area contributed by atoms with Gasteiger partial charge >= 0.3 is 0 Å². The fourth-order valence-corrected chi connectivity index (χ4v) is 2.99. The van der Waals surface area contributed by atoms with Crippen LogP contribution in [0.15, 0.2) is 41.4 Å². The lowest BCUT2D eigenvalue weighted by molar-refractivity contribution is 0.405. The summed E-state index contributed by atoms with van der Waals surface area (Å²) in [5.74, 6) is -0.369. The number of rotatable bonds is 7. The first-order valence-electron chi connectivity index (χ1n) is 8.97. The van der Waals surface area contributed by atoms with Crippen LogP contribution in [0, 0.1) is 12.7 Å². The van der Waals surface area contributed by atoms with Gasteiger partial charge in [0.2, 0.25) is 0 Å². The number of anilines is 1. The minimum atomic E-state index is -0.350. The molecule has 6 heteroatoms. The quantitative estimate of drug-likeness (QED) is 0.427. The molecule has 0 saturated carbocycles. The molecule has 0 aliphatic rings. The number of nitrogens with one attached hydrogen (secondary N) is 2. The topological polar surface area (TPSA) is 63.7 Å². The molecule has 0 spiro atoms. The van der Waals surface area contributed by atoms with Crippen molar-refractivity contribution >= 4 is 28.5 Å². The predicted molar refractivity (Wildman–Crippen MR) is 110 cm³/mol. The van der Waals surface area contributed by atoms with Crippen molar-refractivity contribution in [1.29, 1.82) is 0 Å². The van der Waals surface area contributed by atoms with Crippen LogP contribution in [0.1, 0.15) is 17.5 Å². The molecule has 3 aromatic rings. The van der Waals surface area contributed by atoms with E-state index >= 15 is 0 Å². The number of aromatic nitrogens is 1. The number of aromatic amines is 1. The van der Waals surface area contributed by atoms with E-state index in [-0.39, 0.29) is 11.7 Å². The van der Waals surface area contributed by atoms with Crippen molar-refractivity contribution in [3.8, 4) is 5.88 Å². The molecule has 0 aliphatic heterocycles. The van der Waals surface area contributed by atoms with Gasteiger partial charge in [-0.1, -0.05) is 0 Å². The SMILES string of the molecule is Cc1cc(N=Cc2c(O)[nH]c3ccc(F)cc23)ccc1NCCCN(C)C. The predicted octanol–water partition coefficient (Wildman–Crippen LogP) is 4.44. The molecule has 0 saturated heterocycles. The molecule has 0 amide bonds. The van der Waals surface area contributed by atoms with Gasteiger partial charge in [0, 0.05) is 29.3 Å². The lowest BCUT2D eigenvalue weighted by atomic mass is 10.1. The zero-order chi connectivity index (χ0) is 19.4. The van der Waals surface area contributed by atoms with Crippen LogP contribution in [0.25, 0.3) is 10.9 Å². The van der Waals surface area contributed by atoms with Crippen molar-refractivity contribution in [3.05, 3.63) is 53.3 Å². The first-order valence-corrected chi connectivity index (χ1v) is 8.97. The van der Waals surface area contributed by atoms with E-state index in [1.165, 1.54) is 12.1 Å². The van der Waals surface area contributed by atoms with Crippen molar-refractivity contribution in [2.24, 2.45) is 4.99 Å². The maximum absolute atomic E-state index is 13.5. The zero-order valence-corrected chi connectivity index (χ0v) is 15.9. The molecule has 5 nitrogen and oxygen atoms in total. The van der Waals surface area contributed by atoms with Crippen LogP contribution in [0.4, 0.5) is 15.8 Å². The van der Waals surface area contributed by atoms with Crippen LogP contribution < -0.4 is 5.32 Å². The van der Waals surface area contributed by atoms with Crippen LogP contribution in [0.3, 0.4) is 0 Å². The van der Waals surface area contributed by atoms with Crippen LogP contribution in [0.2, 0.25) is 0 Å². The lowest BCUT2D eigenvalue weighted by Gasteiger charge is -2.12. The molecule has 142 valence electrons. The van der Waals surface area contributed by atoms with Crippen molar-refractivity contribution in [2.45, 2.75) is 13.3 Å². The molecule has 0 radical (unpaired) electrons. The Hall–Kier alpha value is -2.86. The Morgan fingerprint density at radius 1 is 1.22 bits per heavy atom. The number of hydrogen-bond acceptors (Lipinski definition) is 4. The number of aryl methyl sites for hydroxylation is 1. The van der Waals surface area contributed by atoms with E-state index in [0.29, 0.717) is 16.5 Å². The van der Waals surface area contributed by atoms with Crippen molar-refractivity contribution in [1.82, 2.24) is 9.88 Å². The number of aromatic hydroxyl groups is 1. The number of nitrogens with zero attached hydrogens (tertiary/aromatic N) is 2. The molecule has 3 N–H and O–H groups in total. The third-order valence-corrected chi connectivity index (χ3v) is 4.43. The second kappa shape index (κ2) is 8.22. The van der Waals surface area contributed by atoms with Gasteiger partial charge in [0.15, 0.2) is 5.88 Å². The fourth-order valence-electron chi connectivity index (χ4n) is 2.99. The molecular formula is C21H25FN4O. The highest BCUT2D eigenvalue weighted by Crippen LogP contribution is 2.27. The summed E-state index contributed by atoms with van der Waals surface area (Å²) in [6, 6.07) is 10.3. The third-order valence-electron chi connectivity index (χ3n) is 4.43. The largest absolute Gasteiger partial charge is 0.494 e. The van der Waals surface area contributed by atoms with E-state index in [9.17, 15) is 9.50 Å². The Labute approximate surface area is 158 Å². The molecule has 27 heavy (non-hydrogen) atoms. The molecule has 0 atom stereocenters. The molecule has 1 heterocycles. The Kier molecular flexibility index (Phi) is 5.76. The normalized spacial score (nSPS) is 11.7. The van der Waals surface area contributed by atoms with Gasteiger partial charge in [-0.25, -0.2) is 4.39 Å². The average Bonchev–Trinajstić information content (AvgIpc) is 2.92. The minimum absolute atomic E-state index is 0.0183. The highest BCUT2D eigenvalue weighted by Gasteiger charge is 2.09. The summed E-state index contributed by atoms with van der Waals surface area (Å²) in [4.78, 5) is 9.45. The number of hydrogen-bond donors (Lipinski definition) is 3. The molecule has 3 rings (SSSR count). The van der Waals surface area contributed by atoms with Crippen molar-refractivity contribution in [3.63, 3.8) is 0 Å². The number of benzene rings is 2. The summed E-state index contributed by atoms with van der Waals surface area (Å²) in [7, 11) is 4.13. The monoisotopic (exact) mass is 368 g/mol. The Balaban J connectivity index is 1.74. The second-order valence-corrected chi connectivity index (χ2v) is 6.92. The summed E-state index contributed by atoms with van der Waals surface area (Å²) in [6.07, 6.45) is 2.63. The summed E-state index contributed by atoms with van der Waals surface area (Å²) >= 11 is 0. The fraction of sp³-hybridized carbons (Fsp3) is 0.286. The van der Waals surface area contributed by atoms with E-state index < -0.39 is 0 Å². The first kappa shape index (κ1) is 18.9. The standard InChI is InChI=1S/C21H25FN4O/c1-14-11-16(6-8-19(14)23-9-4-10-26(2)3)24-13-18-17-12-15(22)5-7-20(17)25-21(18)27/h5-8,11-13,23,25,27H,4,9-10H2,1-3H3. The zero-order valence-electron chi connectivity index (χ0n) is 15.9. The molecular weight excluding hydrogens is 343 g/mol. The lowest BCUT2D eigenvalue weighted by Crippen LogP contribution is -2.16. The maximum atomic E-state index is 13.5. The Morgan fingerprint density at radius 3 is 2.78 bits per heavy atom. The van der Waals surface area contributed by atoms with Crippen LogP contribution in [-0.4, -0.2) is 48.4 Å². The van der Waals surface area contributed by atoms with E-state index in [1.54, 1.807) is 12.3 Å². The maximum Gasteiger partial charge on any atom is 0.198 e. The van der Waals surface area contributed by atoms with Gasteiger partial charge in [-0.05, 0) is 75.9 Å².